The third-order valence-electron chi connectivity index (χ3n) is 2.76. The van der Waals surface area contributed by atoms with Crippen molar-refractivity contribution in [1.29, 1.82) is 0 Å². The molecule has 0 bridgehead atoms. The minimum atomic E-state index is -0.968. The average molecular weight is 259 g/mol. The number of pyridine rings is 1. The fourth-order valence-electron chi connectivity index (χ4n) is 1.74. The van der Waals surface area contributed by atoms with E-state index in [2.05, 4.69) is 0 Å². The quantitative estimate of drug-likeness (QED) is 0.905. The number of methoxy groups -OCH3 is 1. The number of hydrogen-bond donors (Lipinski definition) is 1. The van der Waals surface area contributed by atoms with Gasteiger partial charge in [0.25, 0.3) is 5.56 Å². The Hall–Kier alpha value is -2.56. The number of carboxylic acid groups (broad SMARTS) is 1. The molecular formula is C14H13NO4. The molecule has 5 heteroatoms. The molecule has 2 rings (SSSR count). The zero-order chi connectivity index (χ0) is 13.8. The summed E-state index contributed by atoms with van der Waals surface area (Å²) in [6.45, 7) is 0.371. The van der Waals surface area contributed by atoms with Gasteiger partial charge < -0.3 is 14.4 Å². The van der Waals surface area contributed by atoms with Gasteiger partial charge in [-0.25, -0.2) is 4.79 Å². The van der Waals surface area contributed by atoms with Crippen LogP contribution >= 0.6 is 0 Å². The Labute approximate surface area is 109 Å². The monoisotopic (exact) mass is 259 g/mol. The summed E-state index contributed by atoms with van der Waals surface area (Å²) in [7, 11) is 1.45. The molecular weight excluding hydrogens is 246 g/mol. The summed E-state index contributed by atoms with van der Waals surface area (Å²) < 4.78 is 6.47. The second kappa shape index (κ2) is 5.39. The lowest BCUT2D eigenvalue weighted by molar-refractivity contribution is 0.0697. The first-order valence-corrected chi connectivity index (χ1v) is 5.67. The fraction of sp³-hybridized carbons (Fsp3) is 0.143. The van der Waals surface area contributed by atoms with Crippen molar-refractivity contribution in [1.82, 2.24) is 4.57 Å². The molecule has 0 unspecified atom stereocenters. The summed E-state index contributed by atoms with van der Waals surface area (Å²) in [6, 6.07) is 9.74. The number of aromatic nitrogens is 1. The summed E-state index contributed by atoms with van der Waals surface area (Å²) >= 11 is 0. The van der Waals surface area contributed by atoms with E-state index in [1.807, 2.05) is 0 Å². The highest BCUT2D eigenvalue weighted by molar-refractivity contribution is 5.87. The van der Waals surface area contributed by atoms with Gasteiger partial charge in [-0.2, -0.15) is 0 Å². The summed E-state index contributed by atoms with van der Waals surface area (Å²) in [4.78, 5) is 22.7. The van der Waals surface area contributed by atoms with Crippen LogP contribution in [-0.4, -0.2) is 22.8 Å². The first kappa shape index (κ1) is 12.9. The van der Waals surface area contributed by atoms with E-state index in [0.29, 0.717) is 6.54 Å². The zero-order valence-electron chi connectivity index (χ0n) is 10.4. The molecule has 0 aliphatic carbocycles. The maximum atomic E-state index is 11.9. The smallest absolute Gasteiger partial charge is 0.335 e. The Kier molecular flexibility index (Phi) is 3.66. The first-order chi connectivity index (χ1) is 9.11. The predicted molar refractivity (Wildman–Crippen MR) is 69.8 cm³/mol. The Bertz CT molecular complexity index is 643. The van der Waals surface area contributed by atoms with Gasteiger partial charge in [-0.3, -0.25) is 4.79 Å². The fourth-order valence-corrected chi connectivity index (χ4v) is 1.74. The van der Waals surface area contributed by atoms with Crippen molar-refractivity contribution in [2.24, 2.45) is 0 Å². The Balaban J connectivity index is 2.26. The predicted octanol–water partition coefficient (Wildman–Crippen LogP) is 1.60. The Morgan fingerprint density at radius 2 is 1.95 bits per heavy atom. The van der Waals surface area contributed by atoms with Crippen LogP contribution in [0.4, 0.5) is 0 Å². The minimum Gasteiger partial charge on any atom is -0.491 e. The highest BCUT2D eigenvalue weighted by atomic mass is 16.5. The summed E-state index contributed by atoms with van der Waals surface area (Å²) in [5.74, 6) is -0.685. The van der Waals surface area contributed by atoms with Crippen LogP contribution in [0.5, 0.6) is 5.75 Å². The lowest BCUT2D eigenvalue weighted by atomic mass is 10.1. The van der Waals surface area contributed by atoms with Gasteiger partial charge in [0.05, 0.1) is 19.2 Å². The van der Waals surface area contributed by atoms with E-state index in [1.54, 1.807) is 30.5 Å². The number of nitrogens with zero attached hydrogens (tertiary/aromatic N) is 1. The number of carbonyl (C=O) groups is 1. The normalized spacial score (nSPS) is 10.2. The highest BCUT2D eigenvalue weighted by Gasteiger charge is 2.05. The van der Waals surface area contributed by atoms with E-state index < -0.39 is 5.97 Å². The van der Waals surface area contributed by atoms with Gasteiger partial charge in [0.2, 0.25) is 0 Å². The minimum absolute atomic E-state index is 0.215. The molecule has 0 saturated heterocycles. The van der Waals surface area contributed by atoms with Crippen molar-refractivity contribution in [2.45, 2.75) is 6.54 Å². The van der Waals surface area contributed by atoms with Gasteiger partial charge in [-0.1, -0.05) is 12.1 Å². The van der Waals surface area contributed by atoms with Crippen LogP contribution in [0.25, 0.3) is 0 Å². The lowest BCUT2D eigenvalue weighted by Gasteiger charge is -2.07. The number of hydrogen-bond acceptors (Lipinski definition) is 3. The van der Waals surface area contributed by atoms with Gasteiger partial charge in [-0.05, 0) is 29.8 Å². The molecule has 2 aromatic rings. The maximum absolute atomic E-state index is 11.9. The second-order valence-electron chi connectivity index (χ2n) is 4.01. The molecule has 0 fully saturated rings. The molecule has 1 aromatic carbocycles. The molecule has 1 heterocycles. The Morgan fingerprint density at radius 3 is 2.53 bits per heavy atom. The zero-order valence-corrected chi connectivity index (χ0v) is 10.4. The molecule has 5 nitrogen and oxygen atoms in total. The molecule has 0 aliphatic rings. The molecule has 0 spiro atoms. The topological polar surface area (TPSA) is 68.5 Å². The van der Waals surface area contributed by atoms with Gasteiger partial charge in [-0.15, -0.1) is 0 Å². The van der Waals surface area contributed by atoms with Crippen molar-refractivity contribution in [3.05, 3.63) is 64.1 Å². The number of aromatic carboxylic acids is 1. The summed E-state index contributed by atoms with van der Waals surface area (Å²) in [5, 5.41) is 8.81. The van der Waals surface area contributed by atoms with Crippen molar-refractivity contribution in [2.75, 3.05) is 7.11 Å². The van der Waals surface area contributed by atoms with Gasteiger partial charge >= 0.3 is 5.97 Å². The van der Waals surface area contributed by atoms with Crippen LogP contribution < -0.4 is 10.3 Å². The molecule has 0 saturated carbocycles. The molecule has 19 heavy (non-hydrogen) atoms. The van der Waals surface area contributed by atoms with E-state index in [4.69, 9.17) is 9.84 Å². The van der Waals surface area contributed by atoms with Crippen molar-refractivity contribution >= 4 is 5.97 Å². The molecule has 0 atom stereocenters. The van der Waals surface area contributed by atoms with E-state index in [9.17, 15) is 9.59 Å². The number of carboxylic acids is 1. The van der Waals surface area contributed by atoms with Crippen molar-refractivity contribution in [3.8, 4) is 5.75 Å². The molecule has 0 aliphatic heterocycles. The highest BCUT2D eigenvalue weighted by Crippen LogP contribution is 2.07. The number of ether oxygens (including phenoxy) is 1. The van der Waals surface area contributed by atoms with Gasteiger partial charge in [0.15, 0.2) is 5.75 Å². The van der Waals surface area contributed by atoms with Crippen LogP contribution in [0, 0.1) is 0 Å². The van der Waals surface area contributed by atoms with Crippen LogP contribution in [0.2, 0.25) is 0 Å². The maximum Gasteiger partial charge on any atom is 0.335 e. The Morgan fingerprint density at radius 1 is 1.26 bits per heavy atom. The van der Waals surface area contributed by atoms with E-state index in [-0.39, 0.29) is 16.9 Å². The van der Waals surface area contributed by atoms with Crippen LogP contribution in [0.15, 0.2) is 47.4 Å². The largest absolute Gasteiger partial charge is 0.491 e. The third-order valence-corrected chi connectivity index (χ3v) is 2.76. The van der Waals surface area contributed by atoms with E-state index in [0.717, 1.165) is 5.56 Å². The molecule has 1 aromatic heterocycles. The standard InChI is InChI=1S/C14H13NO4/c1-19-12-3-2-8-15(13(12)16)9-10-4-6-11(7-5-10)14(17)18/h2-8H,9H2,1H3,(H,17,18). The summed E-state index contributed by atoms with van der Waals surface area (Å²) in [6.07, 6.45) is 1.66. The van der Waals surface area contributed by atoms with E-state index >= 15 is 0 Å². The first-order valence-electron chi connectivity index (χ1n) is 5.67. The lowest BCUT2D eigenvalue weighted by Crippen LogP contribution is -2.21. The number of rotatable bonds is 4. The molecule has 0 radical (unpaired) electrons. The molecule has 98 valence electrons. The van der Waals surface area contributed by atoms with Gasteiger partial charge in [0.1, 0.15) is 0 Å². The second-order valence-corrected chi connectivity index (χ2v) is 4.01. The van der Waals surface area contributed by atoms with E-state index in [1.165, 1.54) is 23.8 Å². The SMILES string of the molecule is COc1cccn(Cc2ccc(C(=O)O)cc2)c1=O. The third kappa shape index (κ3) is 2.82. The molecule has 1 N–H and O–H groups in total. The van der Waals surface area contributed by atoms with Crippen LogP contribution in [-0.2, 0) is 6.54 Å². The van der Waals surface area contributed by atoms with Gasteiger partial charge in [0, 0.05) is 6.20 Å². The average Bonchev–Trinajstić information content (AvgIpc) is 2.42. The molecule has 0 amide bonds. The van der Waals surface area contributed by atoms with Crippen molar-refractivity contribution in [3.63, 3.8) is 0 Å². The summed E-state index contributed by atoms with van der Waals surface area (Å²) in [5.41, 5.74) is 0.856. The number of benzene rings is 1. The van der Waals surface area contributed by atoms with Crippen LogP contribution in [0.1, 0.15) is 15.9 Å². The van der Waals surface area contributed by atoms with Crippen molar-refractivity contribution < 1.29 is 14.6 Å². The van der Waals surface area contributed by atoms with Crippen LogP contribution in [0.3, 0.4) is 0 Å².